The molecule has 0 bridgehead atoms. The third kappa shape index (κ3) is 7.13. The molecule has 240 valence electrons. The first kappa shape index (κ1) is 32.5. The summed E-state index contributed by atoms with van der Waals surface area (Å²) in [5.41, 5.74) is 2.79. The Balaban J connectivity index is 1.54. The van der Waals surface area contributed by atoms with Gasteiger partial charge in [0.25, 0.3) is 0 Å². The zero-order valence-corrected chi connectivity index (χ0v) is 27.4. The number of ketones is 1. The Morgan fingerprint density at radius 3 is 2.67 bits per heavy atom. The fourth-order valence-corrected chi connectivity index (χ4v) is 5.45. The van der Waals surface area contributed by atoms with Crippen LogP contribution < -0.4 is 24.6 Å². The maximum atomic E-state index is 14.5. The molecule has 1 atom stereocenters. The second kappa shape index (κ2) is 14.0. The molecule has 5 rings (SSSR count). The molecule has 0 spiro atoms. The Bertz CT molecular complexity index is 1770. The first-order chi connectivity index (χ1) is 22.1. The number of hydrogen-bond acceptors (Lipinski definition) is 9. The van der Waals surface area contributed by atoms with Crippen LogP contribution in [0.1, 0.15) is 29.7 Å². The first-order valence-electron chi connectivity index (χ1n) is 14.7. The number of hydrogen-bond donors (Lipinski definition) is 1. The fourth-order valence-electron chi connectivity index (χ4n) is 5.16. The van der Waals surface area contributed by atoms with E-state index < -0.39 is 6.04 Å². The molecule has 0 radical (unpaired) electrons. The van der Waals surface area contributed by atoms with E-state index in [-0.39, 0.29) is 29.8 Å². The van der Waals surface area contributed by atoms with Crippen molar-refractivity contribution in [2.24, 2.45) is 7.05 Å². The molecule has 2 aromatic heterocycles. The summed E-state index contributed by atoms with van der Waals surface area (Å²) in [5.74, 6) is 2.16. The number of urea groups is 1. The van der Waals surface area contributed by atoms with Crippen LogP contribution in [0.15, 0.2) is 67.0 Å². The molecule has 0 saturated heterocycles. The topological polar surface area (TPSA) is 118 Å². The third-order valence-electron chi connectivity index (χ3n) is 7.50. The number of halogens is 1. The summed E-state index contributed by atoms with van der Waals surface area (Å²) in [4.78, 5) is 41.7. The van der Waals surface area contributed by atoms with Crippen LogP contribution >= 0.6 is 11.6 Å². The van der Waals surface area contributed by atoms with E-state index in [1.807, 2.05) is 63.3 Å². The maximum absolute atomic E-state index is 14.5. The van der Waals surface area contributed by atoms with Gasteiger partial charge >= 0.3 is 6.03 Å². The molecule has 2 aromatic carbocycles. The number of ether oxygens (including phenoxy) is 2. The van der Waals surface area contributed by atoms with Crippen LogP contribution in [0.3, 0.4) is 0 Å². The number of anilines is 4. The maximum Gasteiger partial charge on any atom is 0.331 e. The highest BCUT2D eigenvalue weighted by molar-refractivity contribution is 6.35. The second-order valence-corrected chi connectivity index (χ2v) is 11.6. The van der Waals surface area contributed by atoms with E-state index in [0.29, 0.717) is 46.9 Å². The lowest BCUT2D eigenvalue weighted by Crippen LogP contribution is -2.49. The van der Waals surface area contributed by atoms with Crippen molar-refractivity contribution in [2.75, 3.05) is 50.0 Å². The number of fused-ring (bicyclic) bond motifs is 1. The molecule has 0 saturated carbocycles. The number of carbonyl (C=O) groups excluding carboxylic acids is 2. The Morgan fingerprint density at radius 1 is 1.17 bits per heavy atom. The van der Waals surface area contributed by atoms with Crippen molar-refractivity contribution < 1.29 is 19.1 Å². The van der Waals surface area contributed by atoms with E-state index in [4.69, 9.17) is 26.1 Å². The number of nitrogens with zero attached hydrogens (tertiary/aromatic N) is 7. The van der Waals surface area contributed by atoms with E-state index in [2.05, 4.69) is 15.4 Å². The van der Waals surface area contributed by atoms with Gasteiger partial charge in [0.1, 0.15) is 22.3 Å². The van der Waals surface area contributed by atoms with Gasteiger partial charge in [-0.3, -0.25) is 19.3 Å². The molecule has 1 N–H and O–H groups in total. The number of allylic oxidation sites excluding steroid dienone is 1. The van der Waals surface area contributed by atoms with Crippen molar-refractivity contribution in [3.63, 3.8) is 0 Å². The van der Waals surface area contributed by atoms with Crippen LogP contribution in [0.4, 0.5) is 28.1 Å². The van der Waals surface area contributed by atoms with Gasteiger partial charge < -0.3 is 19.7 Å². The van der Waals surface area contributed by atoms with Gasteiger partial charge in [-0.05, 0) is 38.2 Å². The first-order valence-corrected chi connectivity index (χ1v) is 15.0. The van der Waals surface area contributed by atoms with Crippen molar-refractivity contribution in [2.45, 2.75) is 25.9 Å². The Kier molecular flexibility index (Phi) is 9.88. The van der Waals surface area contributed by atoms with Gasteiger partial charge in [0.05, 0.1) is 32.5 Å². The number of rotatable bonds is 12. The predicted octanol–water partition coefficient (Wildman–Crippen LogP) is 5.56. The average Bonchev–Trinajstić information content (AvgIpc) is 3.44. The summed E-state index contributed by atoms with van der Waals surface area (Å²) in [6.45, 7) is 2.76. The number of nitrogens with one attached hydrogen (secondary N) is 1. The number of carbonyl (C=O) groups is 2. The summed E-state index contributed by atoms with van der Waals surface area (Å²) in [5, 5.41) is 7.74. The van der Waals surface area contributed by atoms with Crippen molar-refractivity contribution in [1.29, 1.82) is 0 Å². The standard InChI is InChI=1S/C33H37ClN8O4/c1-21(23-10-7-9-22(15-23)16-25(43)11-8-13-39(2)3)42-31-24(19-35-32(37-31)36-29-12-14-40(4)38-29)20-41(33(42)44)27-17-26(45-5)18-28(46-6)30(27)34/h7-12,14-15,17-19,21H,13,16,20H2,1-6H3,(H,35,36,37,38)/b11-8+. The number of methoxy groups -OCH3 is 2. The molecule has 2 amide bonds. The number of aromatic nitrogens is 4. The Morgan fingerprint density at radius 2 is 1.98 bits per heavy atom. The van der Waals surface area contributed by atoms with Crippen LogP contribution in [0, 0.1) is 0 Å². The molecular weight excluding hydrogens is 608 g/mol. The molecule has 4 aromatic rings. The van der Waals surface area contributed by atoms with Crippen LogP contribution in [-0.4, -0.2) is 71.3 Å². The van der Waals surface area contributed by atoms with Crippen molar-refractivity contribution in [3.8, 4) is 11.5 Å². The smallest absolute Gasteiger partial charge is 0.331 e. The Labute approximate surface area is 273 Å². The summed E-state index contributed by atoms with van der Waals surface area (Å²) in [7, 11) is 8.75. The monoisotopic (exact) mass is 644 g/mol. The zero-order chi connectivity index (χ0) is 33.0. The van der Waals surface area contributed by atoms with Gasteiger partial charge in [0.15, 0.2) is 11.6 Å². The van der Waals surface area contributed by atoms with Gasteiger partial charge in [-0.15, -0.1) is 0 Å². The molecule has 13 heteroatoms. The highest BCUT2D eigenvalue weighted by Crippen LogP contribution is 2.43. The number of amides is 2. The van der Waals surface area contributed by atoms with Gasteiger partial charge in [-0.1, -0.05) is 41.9 Å². The lowest BCUT2D eigenvalue weighted by molar-refractivity contribution is -0.114. The van der Waals surface area contributed by atoms with Crippen LogP contribution in [0.25, 0.3) is 0 Å². The van der Waals surface area contributed by atoms with E-state index in [9.17, 15) is 9.59 Å². The van der Waals surface area contributed by atoms with E-state index in [1.54, 1.807) is 51.2 Å². The minimum absolute atomic E-state index is 0.00295. The summed E-state index contributed by atoms with van der Waals surface area (Å²) < 4.78 is 12.6. The molecule has 3 heterocycles. The zero-order valence-electron chi connectivity index (χ0n) is 26.7. The largest absolute Gasteiger partial charge is 0.497 e. The normalized spacial score (nSPS) is 13.7. The number of aryl methyl sites for hydroxylation is 1. The number of likely N-dealkylation sites (N-methyl/N-ethyl adjacent to an activating group) is 1. The highest BCUT2D eigenvalue weighted by atomic mass is 35.5. The van der Waals surface area contributed by atoms with Gasteiger partial charge in [0.2, 0.25) is 5.95 Å². The van der Waals surface area contributed by atoms with Gasteiger partial charge in [0, 0.05) is 56.2 Å². The Hall–Kier alpha value is -4.94. The molecule has 12 nitrogen and oxygen atoms in total. The predicted molar refractivity (Wildman–Crippen MR) is 178 cm³/mol. The summed E-state index contributed by atoms with van der Waals surface area (Å²) in [6, 6.07) is 12.0. The molecule has 46 heavy (non-hydrogen) atoms. The number of benzene rings is 2. The average molecular weight is 645 g/mol. The van der Waals surface area contributed by atoms with Gasteiger partial charge in [-0.25, -0.2) is 9.78 Å². The van der Waals surface area contributed by atoms with E-state index in [1.165, 1.54) is 14.2 Å². The second-order valence-electron chi connectivity index (χ2n) is 11.2. The molecule has 1 unspecified atom stereocenters. The molecular formula is C33H37ClN8O4. The lowest BCUT2D eigenvalue weighted by atomic mass is 10.00. The lowest BCUT2D eigenvalue weighted by Gasteiger charge is -2.39. The molecule has 1 aliphatic heterocycles. The molecule has 0 fully saturated rings. The highest BCUT2D eigenvalue weighted by Gasteiger charge is 2.38. The summed E-state index contributed by atoms with van der Waals surface area (Å²) >= 11 is 6.76. The SMILES string of the molecule is COc1cc(OC)c(Cl)c(N2Cc3cnc(Nc4ccn(C)n4)nc3N(C(C)c3cccc(CC(=O)/C=C/CN(C)C)c3)C2=O)c1. The molecule has 0 aliphatic carbocycles. The van der Waals surface area contributed by atoms with Crippen molar-refractivity contribution in [1.82, 2.24) is 24.6 Å². The fraction of sp³-hybridized carbons (Fsp3) is 0.303. The third-order valence-corrected chi connectivity index (χ3v) is 7.88. The van der Waals surface area contributed by atoms with Crippen LogP contribution in [0.2, 0.25) is 5.02 Å². The minimum Gasteiger partial charge on any atom is -0.497 e. The minimum atomic E-state index is -0.489. The molecule has 1 aliphatic rings. The van der Waals surface area contributed by atoms with E-state index in [0.717, 1.165) is 11.1 Å². The van der Waals surface area contributed by atoms with E-state index >= 15 is 0 Å². The van der Waals surface area contributed by atoms with Crippen molar-refractivity contribution >= 4 is 46.7 Å². The summed E-state index contributed by atoms with van der Waals surface area (Å²) in [6.07, 6.45) is 7.19. The van der Waals surface area contributed by atoms with Crippen LogP contribution in [-0.2, 0) is 24.8 Å². The van der Waals surface area contributed by atoms with Crippen molar-refractivity contribution in [3.05, 3.63) is 88.7 Å². The van der Waals surface area contributed by atoms with Gasteiger partial charge in [-0.2, -0.15) is 10.1 Å². The van der Waals surface area contributed by atoms with Crippen LogP contribution in [0.5, 0.6) is 11.5 Å². The quantitative estimate of drug-likeness (QED) is 0.198.